The number of hydrogen-bond donors (Lipinski definition) is 0. The second kappa shape index (κ2) is 4.72. The van der Waals surface area contributed by atoms with Gasteiger partial charge in [0.25, 0.3) is 0 Å². The van der Waals surface area contributed by atoms with E-state index in [1.807, 2.05) is 0 Å². The molecule has 0 N–H and O–H groups in total. The van der Waals surface area contributed by atoms with Gasteiger partial charge in [-0.05, 0) is 30.8 Å². The van der Waals surface area contributed by atoms with Gasteiger partial charge in [-0.3, -0.25) is 4.90 Å². The van der Waals surface area contributed by atoms with Crippen molar-refractivity contribution in [1.82, 2.24) is 14.9 Å². The van der Waals surface area contributed by atoms with Crippen LogP contribution in [0.1, 0.15) is 19.3 Å². The van der Waals surface area contributed by atoms with Crippen molar-refractivity contribution in [2.75, 3.05) is 31.1 Å². The van der Waals surface area contributed by atoms with E-state index in [1.54, 1.807) is 17.7 Å². The van der Waals surface area contributed by atoms with Crippen molar-refractivity contribution in [3.63, 3.8) is 0 Å². The molecule has 2 aromatic rings. The quantitative estimate of drug-likeness (QED) is 0.799. The Morgan fingerprint density at radius 1 is 1.16 bits per heavy atom. The highest BCUT2D eigenvalue weighted by atomic mass is 32.1. The molecule has 19 heavy (non-hydrogen) atoms. The lowest BCUT2D eigenvalue weighted by molar-refractivity contribution is 0.133. The lowest BCUT2D eigenvalue weighted by Gasteiger charge is -2.44. The second-order valence-electron chi connectivity index (χ2n) is 5.47. The van der Waals surface area contributed by atoms with Gasteiger partial charge in [-0.25, -0.2) is 9.97 Å². The molecule has 0 aliphatic carbocycles. The fourth-order valence-corrected chi connectivity index (χ4v) is 4.10. The number of piperazine rings is 1. The maximum Gasteiger partial charge on any atom is 0.140 e. The van der Waals surface area contributed by atoms with E-state index in [0.29, 0.717) is 0 Å². The minimum Gasteiger partial charge on any atom is -0.353 e. The molecule has 4 heterocycles. The van der Waals surface area contributed by atoms with Gasteiger partial charge in [0.1, 0.15) is 17.0 Å². The van der Waals surface area contributed by atoms with Crippen LogP contribution in [0.2, 0.25) is 0 Å². The van der Waals surface area contributed by atoms with E-state index >= 15 is 0 Å². The largest absolute Gasteiger partial charge is 0.353 e. The molecule has 2 fully saturated rings. The highest BCUT2D eigenvalue weighted by Gasteiger charge is 2.30. The van der Waals surface area contributed by atoms with Crippen LogP contribution in [0.5, 0.6) is 0 Å². The van der Waals surface area contributed by atoms with Crippen molar-refractivity contribution in [2.24, 2.45) is 0 Å². The van der Waals surface area contributed by atoms with Crippen LogP contribution in [-0.4, -0.2) is 47.1 Å². The smallest absolute Gasteiger partial charge is 0.140 e. The fraction of sp³-hybridized carbons (Fsp3) is 0.571. The van der Waals surface area contributed by atoms with Crippen LogP contribution in [-0.2, 0) is 0 Å². The molecule has 0 spiro atoms. The lowest BCUT2D eigenvalue weighted by atomic mass is 9.99. The summed E-state index contributed by atoms with van der Waals surface area (Å²) in [4.78, 5) is 15.1. The normalized spacial score (nSPS) is 24.6. The van der Waals surface area contributed by atoms with Gasteiger partial charge in [-0.1, -0.05) is 6.42 Å². The first-order valence-electron chi connectivity index (χ1n) is 7.09. The van der Waals surface area contributed by atoms with Crippen LogP contribution < -0.4 is 4.90 Å². The van der Waals surface area contributed by atoms with E-state index in [-0.39, 0.29) is 0 Å². The number of rotatable bonds is 1. The van der Waals surface area contributed by atoms with Crippen molar-refractivity contribution >= 4 is 27.4 Å². The Morgan fingerprint density at radius 2 is 2.16 bits per heavy atom. The van der Waals surface area contributed by atoms with Crippen LogP contribution in [0, 0.1) is 0 Å². The highest BCUT2D eigenvalue weighted by Crippen LogP contribution is 2.30. The van der Waals surface area contributed by atoms with Crippen molar-refractivity contribution in [2.45, 2.75) is 25.3 Å². The Hall–Kier alpha value is -1.20. The van der Waals surface area contributed by atoms with E-state index in [4.69, 9.17) is 0 Å². The molecule has 5 heteroatoms. The Kier molecular flexibility index (Phi) is 2.89. The van der Waals surface area contributed by atoms with E-state index in [2.05, 4.69) is 31.2 Å². The predicted molar refractivity (Wildman–Crippen MR) is 78.8 cm³/mol. The van der Waals surface area contributed by atoms with E-state index in [0.717, 1.165) is 29.8 Å². The van der Waals surface area contributed by atoms with Gasteiger partial charge in [0.05, 0.1) is 5.39 Å². The molecular weight excluding hydrogens is 256 g/mol. The molecule has 0 radical (unpaired) electrons. The topological polar surface area (TPSA) is 32.3 Å². The second-order valence-corrected chi connectivity index (χ2v) is 6.36. The summed E-state index contributed by atoms with van der Waals surface area (Å²) in [7, 11) is 0. The summed E-state index contributed by atoms with van der Waals surface area (Å²) >= 11 is 1.70. The molecule has 0 unspecified atom stereocenters. The predicted octanol–water partition coefficient (Wildman–Crippen LogP) is 2.37. The first-order chi connectivity index (χ1) is 9.42. The Labute approximate surface area is 117 Å². The summed E-state index contributed by atoms with van der Waals surface area (Å²) in [5, 5.41) is 3.33. The summed E-state index contributed by atoms with van der Waals surface area (Å²) in [5.74, 6) is 1.14. The van der Waals surface area contributed by atoms with Crippen molar-refractivity contribution < 1.29 is 0 Å². The minimum absolute atomic E-state index is 0.728. The first-order valence-corrected chi connectivity index (χ1v) is 7.97. The summed E-state index contributed by atoms with van der Waals surface area (Å²) in [6.45, 7) is 4.69. The van der Waals surface area contributed by atoms with E-state index < -0.39 is 0 Å². The van der Waals surface area contributed by atoms with Crippen LogP contribution in [0.4, 0.5) is 5.82 Å². The monoisotopic (exact) mass is 274 g/mol. The number of piperidine rings is 1. The number of aromatic nitrogens is 2. The standard InChI is InChI=1S/C14H18N4S/c1-2-5-17-6-7-18(9-11(17)3-1)13-12-4-8-19-14(12)16-10-15-13/h4,8,10-11H,1-3,5-7,9H2/t11-/m1/s1. The summed E-state index contributed by atoms with van der Waals surface area (Å²) in [6.07, 6.45) is 5.81. The lowest BCUT2D eigenvalue weighted by Crippen LogP contribution is -2.55. The zero-order chi connectivity index (χ0) is 12.7. The van der Waals surface area contributed by atoms with Crippen molar-refractivity contribution in [1.29, 1.82) is 0 Å². The van der Waals surface area contributed by atoms with Crippen molar-refractivity contribution in [3.8, 4) is 0 Å². The molecule has 0 saturated carbocycles. The van der Waals surface area contributed by atoms with Crippen LogP contribution in [0.3, 0.4) is 0 Å². The third-order valence-corrected chi connectivity index (χ3v) is 5.20. The number of hydrogen-bond acceptors (Lipinski definition) is 5. The van der Waals surface area contributed by atoms with Gasteiger partial charge in [0.15, 0.2) is 0 Å². The van der Waals surface area contributed by atoms with Gasteiger partial charge in [0, 0.05) is 25.7 Å². The number of nitrogens with zero attached hydrogens (tertiary/aromatic N) is 4. The third-order valence-electron chi connectivity index (χ3n) is 4.38. The molecule has 4 rings (SSSR count). The Bertz CT molecular complexity index is 582. The molecule has 1 atom stereocenters. The molecule has 2 aromatic heterocycles. The average Bonchev–Trinajstić information content (AvgIpc) is 2.95. The van der Waals surface area contributed by atoms with Gasteiger partial charge in [-0.15, -0.1) is 11.3 Å². The first kappa shape index (κ1) is 11.6. The summed E-state index contributed by atoms with van der Waals surface area (Å²) in [6, 6.07) is 2.88. The zero-order valence-corrected chi connectivity index (χ0v) is 11.8. The van der Waals surface area contributed by atoms with Gasteiger partial charge < -0.3 is 4.90 Å². The van der Waals surface area contributed by atoms with Crippen LogP contribution in [0.25, 0.3) is 10.2 Å². The number of thiophene rings is 1. The molecule has 100 valence electrons. The Balaban J connectivity index is 1.64. The van der Waals surface area contributed by atoms with Crippen molar-refractivity contribution in [3.05, 3.63) is 17.8 Å². The molecule has 0 bridgehead atoms. The molecule has 2 aliphatic rings. The number of fused-ring (bicyclic) bond motifs is 2. The van der Waals surface area contributed by atoms with E-state index in [9.17, 15) is 0 Å². The zero-order valence-electron chi connectivity index (χ0n) is 11.0. The molecular formula is C14H18N4S. The maximum atomic E-state index is 4.54. The molecule has 4 nitrogen and oxygen atoms in total. The van der Waals surface area contributed by atoms with E-state index in [1.165, 1.54) is 37.7 Å². The SMILES string of the molecule is c1nc(N2CCN3CCCC[C@@H]3C2)c2ccsc2n1. The molecule has 0 aromatic carbocycles. The average molecular weight is 274 g/mol. The van der Waals surface area contributed by atoms with Gasteiger partial charge in [0.2, 0.25) is 0 Å². The number of anilines is 1. The van der Waals surface area contributed by atoms with Crippen LogP contribution in [0.15, 0.2) is 17.8 Å². The highest BCUT2D eigenvalue weighted by molar-refractivity contribution is 7.16. The summed E-state index contributed by atoms with van der Waals surface area (Å²) in [5.41, 5.74) is 0. The summed E-state index contributed by atoms with van der Waals surface area (Å²) < 4.78 is 0. The van der Waals surface area contributed by atoms with Crippen LogP contribution >= 0.6 is 11.3 Å². The minimum atomic E-state index is 0.728. The molecule has 2 saturated heterocycles. The van der Waals surface area contributed by atoms with Gasteiger partial charge in [-0.2, -0.15) is 0 Å². The maximum absolute atomic E-state index is 4.54. The third kappa shape index (κ3) is 2.01. The molecule has 0 amide bonds. The fourth-order valence-electron chi connectivity index (χ4n) is 3.38. The Morgan fingerprint density at radius 3 is 3.16 bits per heavy atom. The van der Waals surface area contributed by atoms with Gasteiger partial charge >= 0.3 is 0 Å². The molecule has 2 aliphatic heterocycles.